The fourth-order valence-electron chi connectivity index (χ4n) is 1.60. The van der Waals surface area contributed by atoms with E-state index in [2.05, 4.69) is 5.32 Å². The molecule has 3 nitrogen and oxygen atoms in total. The van der Waals surface area contributed by atoms with E-state index >= 15 is 0 Å². The number of carbonyl (C=O) groups is 1. The van der Waals surface area contributed by atoms with Gasteiger partial charge < -0.3 is 10.2 Å². The number of likely N-dealkylation sites (N-methyl/N-ethyl adjacent to an activating group) is 1. The summed E-state index contributed by atoms with van der Waals surface area (Å²) >= 11 is 1.52. The van der Waals surface area contributed by atoms with Crippen LogP contribution >= 0.6 is 11.3 Å². The number of nitrogens with zero attached hydrogens (tertiary/aromatic N) is 1. The fraction of sp³-hybridized carbons (Fsp3) is 0.500. The van der Waals surface area contributed by atoms with Crippen molar-refractivity contribution in [3.05, 3.63) is 22.4 Å². The maximum Gasteiger partial charge on any atom is 0.264 e. The molecule has 1 saturated heterocycles. The Morgan fingerprint density at radius 2 is 2.50 bits per heavy atom. The van der Waals surface area contributed by atoms with Crippen molar-refractivity contribution in [3.63, 3.8) is 0 Å². The third-order valence-corrected chi connectivity index (χ3v) is 3.39. The van der Waals surface area contributed by atoms with E-state index in [-0.39, 0.29) is 5.91 Å². The second-order valence-corrected chi connectivity index (χ2v) is 4.33. The fourth-order valence-corrected chi connectivity index (χ4v) is 2.28. The lowest BCUT2D eigenvalue weighted by molar-refractivity contribution is 0.0635. The molecule has 1 fully saturated rings. The summed E-state index contributed by atoms with van der Waals surface area (Å²) in [5.41, 5.74) is 0. The molecule has 2 rings (SSSR count). The summed E-state index contributed by atoms with van der Waals surface area (Å²) in [7, 11) is 0. The first-order valence-corrected chi connectivity index (χ1v) is 5.76. The zero-order chi connectivity index (χ0) is 9.97. The first-order chi connectivity index (χ1) is 6.83. The van der Waals surface area contributed by atoms with Gasteiger partial charge in [-0.25, -0.2) is 0 Å². The standard InChI is InChI=1S/C10H14N2OS/c1-2-12(8-6-11-7-8)10(13)9-4-3-5-14-9/h3-5,8,11H,2,6-7H2,1H3. The van der Waals surface area contributed by atoms with Crippen molar-refractivity contribution in [2.45, 2.75) is 13.0 Å². The second-order valence-electron chi connectivity index (χ2n) is 3.38. The number of carbonyl (C=O) groups excluding carboxylic acids is 1. The molecule has 1 aromatic heterocycles. The van der Waals surface area contributed by atoms with Crippen LogP contribution in [-0.4, -0.2) is 36.5 Å². The van der Waals surface area contributed by atoms with Crippen molar-refractivity contribution >= 4 is 17.2 Å². The van der Waals surface area contributed by atoms with Crippen molar-refractivity contribution in [1.29, 1.82) is 0 Å². The number of nitrogens with one attached hydrogen (secondary N) is 1. The number of hydrogen-bond acceptors (Lipinski definition) is 3. The molecule has 0 atom stereocenters. The lowest BCUT2D eigenvalue weighted by Crippen LogP contribution is -2.58. The van der Waals surface area contributed by atoms with Crippen LogP contribution in [-0.2, 0) is 0 Å². The zero-order valence-electron chi connectivity index (χ0n) is 8.19. The third-order valence-electron chi connectivity index (χ3n) is 2.53. The number of rotatable bonds is 3. The highest BCUT2D eigenvalue weighted by atomic mass is 32.1. The Hall–Kier alpha value is -0.870. The van der Waals surface area contributed by atoms with Crippen molar-refractivity contribution in [2.24, 2.45) is 0 Å². The van der Waals surface area contributed by atoms with E-state index in [1.807, 2.05) is 29.3 Å². The topological polar surface area (TPSA) is 32.3 Å². The van der Waals surface area contributed by atoms with Crippen LogP contribution in [0.3, 0.4) is 0 Å². The van der Waals surface area contributed by atoms with Crippen LogP contribution < -0.4 is 5.32 Å². The van der Waals surface area contributed by atoms with Gasteiger partial charge in [-0.1, -0.05) is 6.07 Å². The average molecular weight is 210 g/mol. The van der Waals surface area contributed by atoms with Crippen LogP contribution in [0.4, 0.5) is 0 Å². The SMILES string of the molecule is CCN(C(=O)c1cccs1)C1CNC1. The molecular weight excluding hydrogens is 196 g/mol. The van der Waals surface area contributed by atoms with Gasteiger partial charge in [0.2, 0.25) is 0 Å². The van der Waals surface area contributed by atoms with Crippen LogP contribution in [0.1, 0.15) is 16.6 Å². The summed E-state index contributed by atoms with van der Waals surface area (Å²) in [5, 5.41) is 5.13. The van der Waals surface area contributed by atoms with E-state index in [0.717, 1.165) is 24.5 Å². The van der Waals surface area contributed by atoms with Crippen LogP contribution in [0.15, 0.2) is 17.5 Å². The highest BCUT2D eigenvalue weighted by Gasteiger charge is 2.28. The Balaban J connectivity index is 2.08. The van der Waals surface area contributed by atoms with E-state index in [4.69, 9.17) is 0 Å². The molecule has 0 bridgehead atoms. The van der Waals surface area contributed by atoms with Crippen LogP contribution in [0.25, 0.3) is 0 Å². The minimum Gasteiger partial charge on any atom is -0.333 e. The van der Waals surface area contributed by atoms with Gasteiger partial charge in [0.1, 0.15) is 0 Å². The molecule has 2 heterocycles. The molecule has 14 heavy (non-hydrogen) atoms. The van der Waals surface area contributed by atoms with E-state index < -0.39 is 0 Å². The largest absolute Gasteiger partial charge is 0.333 e. The molecule has 4 heteroatoms. The normalized spacial score (nSPS) is 16.4. The van der Waals surface area contributed by atoms with Crippen LogP contribution in [0, 0.1) is 0 Å². The molecular formula is C10H14N2OS. The predicted molar refractivity (Wildman–Crippen MR) is 57.7 cm³/mol. The maximum atomic E-state index is 12.0. The summed E-state index contributed by atoms with van der Waals surface area (Å²) in [6.07, 6.45) is 0. The van der Waals surface area contributed by atoms with Crippen LogP contribution in [0.2, 0.25) is 0 Å². The van der Waals surface area contributed by atoms with Gasteiger partial charge in [-0.05, 0) is 18.4 Å². The molecule has 1 amide bonds. The molecule has 0 saturated carbocycles. The minimum absolute atomic E-state index is 0.175. The molecule has 76 valence electrons. The zero-order valence-corrected chi connectivity index (χ0v) is 9.01. The van der Waals surface area contributed by atoms with E-state index in [1.165, 1.54) is 11.3 Å². The summed E-state index contributed by atoms with van der Waals surface area (Å²) in [5.74, 6) is 0.175. The van der Waals surface area contributed by atoms with Gasteiger partial charge in [0, 0.05) is 19.6 Å². The smallest absolute Gasteiger partial charge is 0.264 e. The van der Waals surface area contributed by atoms with Crippen molar-refractivity contribution in [2.75, 3.05) is 19.6 Å². The number of hydrogen-bond donors (Lipinski definition) is 1. The lowest BCUT2D eigenvalue weighted by atomic mass is 10.1. The molecule has 1 aromatic rings. The Kier molecular flexibility index (Phi) is 2.84. The van der Waals surface area contributed by atoms with E-state index in [9.17, 15) is 4.79 Å². The van der Waals surface area contributed by atoms with Gasteiger partial charge in [0.15, 0.2) is 0 Å². The maximum absolute atomic E-state index is 12.0. The number of thiophene rings is 1. The monoisotopic (exact) mass is 210 g/mol. The van der Waals surface area contributed by atoms with Crippen LogP contribution in [0.5, 0.6) is 0 Å². The molecule has 0 spiro atoms. The Morgan fingerprint density at radius 1 is 1.71 bits per heavy atom. The Labute approximate surface area is 87.7 Å². The van der Waals surface area contributed by atoms with Gasteiger partial charge in [-0.15, -0.1) is 11.3 Å². The Morgan fingerprint density at radius 3 is 2.93 bits per heavy atom. The van der Waals surface area contributed by atoms with Crippen molar-refractivity contribution in [3.8, 4) is 0 Å². The highest BCUT2D eigenvalue weighted by Crippen LogP contribution is 2.15. The summed E-state index contributed by atoms with van der Waals surface area (Å²) < 4.78 is 0. The molecule has 0 aliphatic carbocycles. The molecule has 0 unspecified atom stereocenters. The molecule has 0 aromatic carbocycles. The van der Waals surface area contributed by atoms with Gasteiger partial charge in [0.05, 0.1) is 10.9 Å². The van der Waals surface area contributed by atoms with E-state index in [0.29, 0.717) is 6.04 Å². The second kappa shape index (κ2) is 4.11. The van der Waals surface area contributed by atoms with Gasteiger partial charge in [-0.2, -0.15) is 0 Å². The first-order valence-electron chi connectivity index (χ1n) is 4.88. The van der Waals surface area contributed by atoms with Gasteiger partial charge in [0.25, 0.3) is 5.91 Å². The quantitative estimate of drug-likeness (QED) is 0.812. The summed E-state index contributed by atoms with van der Waals surface area (Å²) in [6.45, 7) is 4.70. The molecule has 0 radical (unpaired) electrons. The van der Waals surface area contributed by atoms with E-state index in [1.54, 1.807) is 0 Å². The highest BCUT2D eigenvalue weighted by molar-refractivity contribution is 7.12. The minimum atomic E-state index is 0.175. The first kappa shape index (κ1) is 9.68. The third kappa shape index (κ3) is 1.67. The molecule has 1 aliphatic heterocycles. The van der Waals surface area contributed by atoms with Gasteiger partial charge >= 0.3 is 0 Å². The summed E-state index contributed by atoms with van der Waals surface area (Å²) in [6, 6.07) is 4.21. The van der Waals surface area contributed by atoms with Gasteiger partial charge in [-0.3, -0.25) is 4.79 Å². The lowest BCUT2D eigenvalue weighted by Gasteiger charge is -2.37. The number of amides is 1. The molecule has 1 N–H and O–H groups in total. The Bertz CT molecular complexity index is 306. The predicted octanol–water partition coefficient (Wildman–Crippen LogP) is 1.18. The van der Waals surface area contributed by atoms with Crippen molar-refractivity contribution < 1.29 is 4.79 Å². The van der Waals surface area contributed by atoms with Crippen molar-refractivity contribution in [1.82, 2.24) is 10.2 Å². The average Bonchev–Trinajstić information content (AvgIpc) is 2.62. The molecule has 1 aliphatic rings. The summed E-state index contributed by atoms with van der Waals surface area (Å²) in [4.78, 5) is 14.8.